The van der Waals surface area contributed by atoms with Gasteiger partial charge < -0.3 is 20.9 Å². The van der Waals surface area contributed by atoms with Gasteiger partial charge in [-0.1, -0.05) is 54.6 Å². The summed E-state index contributed by atoms with van der Waals surface area (Å²) in [7, 11) is 1.84. The Morgan fingerprint density at radius 2 is 1.79 bits per heavy atom. The number of nitrogens with zero attached hydrogens (tertiary/aromatic N) is 6. The van der Waals surface area contributed by atoms with Crippen molar-refractivity contribution >= 4 is 52.2 Å². The van der Waals surface area contributed by atoms with Gasteiger partial charge in [0.1, 0.15) is 12.2 Å². The number of urea groups is 1. The topological polar surface area (TPSA) is 166 Å². The number of imide groups is 1. The van der Waals surface area contributed by atoms with E-state index in [-0.39, 0.29) is 37.4 Å². The van der Waals surface area contributed by atoms with E-state index in [4.69, 9.17) is 10.1 Å². The standard InChI is InChI=1S/C38H38N10O4/c1-21-7-6-8-22(2)31(21)42-32-28-19-39-37(43-33(28)46(3)45-32)44-34-26-10-5-4-9-24(26)15-16-47(34)38(52)40-18-23-11-12-27-25(17-23)20-48(36(27)51)29-13-14-30(49)41-35(29)50/h4-12,17,19,29,34H,13-16,18,20H2,1-3H3,(H,40,52)(H,42,45)(H,39,43,44)(H,41,49,50). The third kappa shape index (κ3) is 5.95. The molecule has 4 N–H and O–H groups in total. The van der Waals surface area contributed by atoms with Crippen molar-refractivity contribution in [3.05, 3.63) is 106 Å². The van der Waals surface area contributed by atoms with Gasteiger partial charge in [-0.3, -0.25) is 24.6 Å². The summed E-state index contributed by atoms with van der Waals surface area (Å²) in [6.45, 7) is 5.07. The molecule has 52 heavy (non-hydrogen) atoms. The highest BCUT2D eigenvalue weighted by Crippen LogP contribution is 2.33. The van der Waals surface area contributed by atoms with E-state index in [1.54, 1.807) is 21.8 Å². The number of fused-ring (bicyclic) bond motifs is 3. The monoisotopic (exact) mass is 698 g/mol. The minimum atomic E-state index is -0.684. The molecule has 0 spiro atoms. The Hall–Kier alpha value is -6.31. The van der Waals surface area contributed by atoms with Gasteiger partial charge >= 0.3 is 6.03 Å². The summed E-state index contributed by atoms with van der Waals surface area (Å²) in [4.78, 5) is 63.9. The maximum Gasteiger partial charge on any atom is 0.319 e. The van der Waals surface area contributed by atoms with Crippen LogP contribution in [0.5, 0.6) is 0 Å². The molecule has 3 aromatic carbocycles. The minimum Gasteiger partial charge on any atom is -0.338 e. The van der Waals surface area contributed by atoms with E-state index in [0.29, 0.717) is 42.4 Å². The van der Waals surface area contributed by atoms with Crippen LogP contribution in [0.15, 0.2) is 66.9 Å². The highest BCUT2D eigenvalue weighted by Gasteiger charge is 2.39. The summed E-state index contributed by atoms with van der Waals surface area (Å²) in [6, 6.07) is 18.6. The highest BCUT2D eigenvalue weighted by atomic mass is 16.2. The quantitative estimate of drug-likeness (QED) is 0.181. The summed E-state index contributed by atoms with van der Waals surface area (Å²) in [5.41, 5.74) is 8.06. The van der Waals surface area contributed by atoms with E-state index < -0.39 is 18.1 Å². The first-order chi connectivity index (χ1) is 25.1. The van der Waals surface area contributed by atoms with E-state index in [1.165, 1.54) is 4.90 Å². The number of aryl methyl sites for hydroxylation is 3. The van der Waals surface area contributed by atoms with Crippen molar-refractivity contribution in [1.82, 2.24) is 40.2 Å². The van der Waals surface area contributed by atoms with Gasteiger partial charge in [-0.2, -0.15) is 10.1 Å². The largest absolute Gasteiger partial charge is 0.338 e. The molecule has 5 amide bonds. The summed E-state index contributed by atoms with van der Waals surface area (Å²) in [5, 5.41) is 17.8. The Morgan fingerprint density at radius 3 is 2.60 bits per heavy atom. The number of nitrogens with one attached hydrogen (secondary N) is 4. The predicted octanol–water partition coefficient (Wildman–Crippen LogP) is 4.36. The summed E-state index contributed by atoms with van der Waals surface area (Å²) in [6.07, 6.45) is 2.39. The Balaban J connectivity index is 0.993. The molecule has 0 radical (unpaired) electrons. The molecule has 5 aromatic rings. The van der Waals surface area contributed by atoms with Crippen LogP contribution in [0, 0.1) is 13.8 Å². The number of rotatable bonds is 7. The van der Waals surface area contributed by atoms with Crippen molar-refractivity contribution < 1.29 is 19.2 Å². The normalized spacial score (nSPS) is 18.2. The third-order valence-corrected chi connectivity index (χ3v) is 10.1. The molecule has 2 atom stereocenters. The van der Waals surface area contributed by atoms with Crippen molar-refractivity contribution in [2.45, 2.75) is 58.4 Å². The number of hydrogen-bond acceptors (Lipinski definition) is 9. The lowest BCUT2D eigenvalue weighted by molar-refractivity contribution is -0.136. The number of carbonyl (C=O) groups excluding carboxylic acids is 4. The number of hydrogen-bond donors (Lipinski definition) is 4. The van der Waals surface area contributed by atoms with Gasteiger partial charge in [0.25, 0.3) is 5.91 Å². The van der Waals surface area contributed by atoms with E-state index in [9.17, 15) is 19.2 Å². The summed E-state index contributed by atoms with van der Waals surface area (Å²) >= 11 is 0. The molecule has 14 heteroatoms. The molecule has 14 nitrogen and oxygen atoms in total. The van der Waals surface area contributed by atoms with Crippen LogP contribution >= 0.6 is 0 Å². The predicted molar refractivity (Wildman–Crippen MR) is 193 cm³/mol. The van der Waals surface area contributed by atoms with Gasteiger partial charge in [0.05, 0.1) is 5.39 Å². The fraction of sp³-hybridized carbons (Fsp3) is 0.289. The van der Waals surface area contributed by atoms with E-state index >= 15 is 0 Å². The molecule has 0 bridgehead atoms. The average Bonchev–Trinajstić information content (AvgIpc) is 3.63. The summed E-state index contributed by atoms with van der Waals surface area (Å²) < 4.78 is 1.71. The van der Waals surface area contributed by atoms with Gasteiger partial charge in [0.2, 0.25) is 17.8 Å². The maximum atomic E-state index is 13.9. The van der Waals surface area contributed by atoms with E-state index in [1.807, 2.05) is 43.4 Å². The van der Waals surface area contributed by atoms with Crippen molar-refractivity contribution in [1.29, 1.82) is 0 Å². The molecule has 3 aliphatic heterocycles. The molecule has 8 rings (SSSR count). The molecule has 264 valence electrons. The summed E-state index contributed by atoms with van der Waals surface area (Å²) in [5.74, 6) is 0.0107. The van der Waals surface area contributed by atoms with Crippen molar-refractivity contribution in [2.75, 3.05) is 17.2 Å². The first kappa shape index (κ1) is 32.9. The van der Waals surface area contributed by atoms with Gasteiger partial charge in [0, 0.05) is 50.6 Å². The molecule has 0 saturated carbocycles. The van der Waals surface area contributed by atoms with Gasteiger partial charge in [0.15, 0.2) is 11.5 Å². The zero-order valence-corrected chi connectivity index (χ0v) is 29.1. The number of benzene rings is 3. The second kappa shape index (κ2) is 13.1. The number of anilines is 3. The third-order valence-electron chi connectivity index (χ3n) is 10.1. The van der Waals surface area contributed by atoms with Crippen molar-refractivity contribution in [2.24, 2.45) is 7.05 Å². The van der Waals surface area contributed by atoms with Gasteiger partial charge in [-0.15, -0.1) is 0 Å². The van der Waals surface area contributed by atoms with E-state index in [0.717, 1.165) is 44.5 Å². The minimum absolute atomic E-state index is 0.196. The fourth-order valence-corrected chi connectivity index (χ4v) is 7.41. The van der Waals surface area contributed by atoms with Crippen LogP contribution in [0.4, 0.5) is 22.2 Å². The highest BCUT2D eigenvalue weighted by molar-refractivity contribution is 6.05. The molecule has 0 aliphatic carbocycles. The Kier molecular flexibility index (Phi) is 8.28. The molecular weight excluding hydrogens is 660 g/mol. The lowest BCUT2D eigenvalue weighted by Crippen LogP contribution is -2.52. The first-order valence-electron chi connectivity index (χ1n) is 17.3. The zero-order chi connectivity index (χ0) is 36.1. The van der Waals surface area contributed by atoms with Crippen molar-refractivity contribution in [3.8, 4) is 0 Å². The molecule has 1 fully saturated rings. The lowest BCUT2D eigenvalue weighted by atomic mass is 9.97. The number of aromatic nitrogens is 4. The average molecular weight is 699 g/mol. The van der Waals surface area contributed by atoms with Gasteiger partial charge in [-0.25, -0.2) is 14.5 Å². The number of carbonyl (C=O) groups is 4. The molecule has 2 unspecified atom stereocenters. The lowest BCUT2D eigenvalue weighted by Gasteiger charge is -2.37. The van der Waals surface area contributed by atoms with Crippen LogP contribution in [0.3, 0.4) is 0 Å². The molecule has 3 aliphatic rings. The van der Waals surface area contributed by atoms with Crippen LogP contribution in [-0.4, -0.2) is 65.9 Å². The van der Waals surface area contributed by atoms with Crippen LogP contribution < -0.4 is 21.3 Å². The second-order valence-corrected chi connectivity index (χ2v) is 13.5. The Bertz CT molecular complexity index is 2260. The van der Waals surface area contributed by atoms with Crippen LogP contribution in [0.25, 0.3) is 11.0 Å². The fourth-order valence-electron chi connectivity index (χ4n) is 7.41. The van der Waals surface area contributed by atoms with Gasteiger partial charge in [-0.05, 0) is 66.1 Å². The maximum absolute atomic E-state index is 13.9. The van der Waals surface area contributed by atoms with E-state index in [2.05, 4.69) is 58.3 Å². The molecule has 2 aromatic heterocycles. The first-order valence-corrected chi connectivity index (χ1v) is 17.3. The van der Waals surface area contributed by atoms with Crippen LogP contribution in [0.1, 0.15) is 62.7 Å². The SMILES string of the molecule is Cc1cccc(C)c1Nc1nn(C)c2nc(NC3c4ccccc4CCN3C(=O)NCc3ccc4c(c3)CN(C3CCC(=O)NC3=O)C4=O)ncc12. The Morgan fingerprint density at radius 1 is 0.981 bits per heavy atom. The zero-order valence-electron chi connectivity index (χ0n) is 29.1. The van der Waals surface area contributed by atoms with Crippen LogP contribution in [0.2, 0.25) is 0 Å². The number of para-hydroxylation sites is 1. The molecule has 5 heterocycles. The molecular formula is C38H38N10O4. The smallest absolute Gasteiger partial charge is 0.319 e. The molecule has 1 saturated heterocycles. The second-order valence-electron chi connectivity index (χ2n) is 13.5. The van der Waals surface area contributed by atoms with Crippen molar-refractivity contribution in [3.63, 3.8) is 0 Å². The number of amides is 5. The number of piperidine rings is 1. The Labute approximate surface area is 299 Å². The van der Waals surface area contributed by atoms with Crippen LogP contribution in [-0.2, 0) is 36.1 Å².